The maximum absolute atomic E-state index is 8.95. The number of aryl methyl sites for hydroxylation is 1. The Balaban J connectivity index is 0.919. The van der Waals surface area contributed by atoms with E-state index in [0.29, 0.717) is 34.1 Å². The summed E-state index contributed by atoms with van der Waals surface area (Å²) in [5.41, 5.74) is 18.5. The Morgan fingerprint density at radius 2 is 1.05 bits per heavy atom. The van der Waals surface area contributed by atoms with Crippen molar-refractivity contribution < 1.29 is 30.9 Å². The van der Waals surface area contributed by atoms with Gasteiger partial charge in [-0.3, -0.25) is 0 Å². The number of imidazole rings is 1. The summed E-state index contributed by atoms with van der Waals surface area (Å²) < 4.78 is 56.0. The molecular formula is C78H57N5OPt-2. The second kappa shape index (κ2) is 20.8. The molecule has 0 aliphatic carbocycles. The fourth-order valence-electron chi connectivity index (χ4n) is 12.8. The van der Waals surface area contributed by atoms with Gasteiger partial charge in [-0.05, 0) is 53.3 Å². The van der Waals surface area contributed by atoms with Crippen LogP contribution in [-0.2, 0) is 30.2 Å². The summed E-state index contributed by atoms with van der Waals surface area (Å²) in [4.78, 5) is 9.69. The van der Waals surface area contributed by atoms with Crippen LogP contribution in [0, 0.1) is 22.9 Å². The molecular weight excluding hydrogens is 1220 g/mol. The van der Waals surface area contributed by atoms with E-state index < -0.39 is 23.5 Å². The van der Waals surface area contributed by atoms with E-state index >= 15 is 0 Å². The fourth-order valence-corrected chi connectivity index (χ4v) is 13.9. The van der Waals surface area contributed by atoms with E-state index in [0.717, 1.165) is 93.5 Å². The molecule has 0 saturated carbocycles. The first-order valence-corrected chi connectivity index (χ1v) is 29.6. The molecule has 11 aromatic carbocycles. The Kier molecular flexibility index (Phi) is 11.4. The topological polar surface area (TPSA) is 38.5 Å². The molecule has 85 heavy (non-hydrogen) atoms. The molecule has 0 bridgehead atoms. The zero-order valence-corrected chi connectivity index (χ0v) is 49.3. The Morgan fingerprint density at radius 3 is 1.67 bits per heavy atom. The molecule has 2 aromatic heterocycles. The molecule has 0 radical (unpaired) electrons. The molecule has 0 N–H and O–H groups in total. The van der Waals surface area contributed by atoms with E-state index in [-0.39, 0.29) is 23.1 Å². The number of rotatable bonds is 9. The summed E-state index contributed by atoms with van der Waals surface area (Å²) >= 11 is 2.46. The number of pyridine rings is 1. The predicted octanol–water partition coefficient (Wildman–Crippen LogP) is 19.8. The molecule has 13 aromatic rings. The third-order valence-electron chi connectivity index (χ3n) is 16.6. The molecule has 0 saturated heterocycles. The van der Waals surface area contributed by atoms with Gasteiger partial charge in [0.1, 0.15) is 0 Å². The molecule has 0 fully saturated rings. The van der Waals surface area contributed by atoms with Crippen LogP contribution >= 0.6 is 0 Å². The Bertz CT molecular complexity index is 4980. The minimum Gasteiger partial charge on any atom is -0.310 e. The number of nitrogens with zero attached hydrogens (tertiary/aromatic N) is 5. The first-order chi connectivity index (χ1) is 43.7. The van der Waals surface area contributed by atoms with Crippen LogP contribution in [0.25, 0.3) is 55.8 Å². The van der Waals surface area contributed by atoms with Crippen LogP contribution in [-0.4, -0.2) is 14.1 Å². The van der Waals surface area contributed by atoms with Crippen LogP contribution in [0.2, 0.25) is 0 Å². The summed E-state index contributed by atoms with van der Waals surface area (Å²) in [6.45, 7) is 8.64. The van der Waals surface area contributed by atoms with Crippen LogP contribution in [0.1, 0.15) is 61.0 Å². The third-order valence-corrected chi connectivity index (χ3v) is 17.6. The minimum absolute atomic E-state index is 0.0919. The molecule has 2 aliphatic rings. The van der Waals surface area contributed by atoms with Crippen molar-refractivity contribution in [3.8, 4) is 56.3 Å². The number of fused-ring (bicyclic) bond motifs is 9. The number of aromatic nitrogens is 3. The van der Waals surface area contributed by atoms with Crippen molar-refractivity contribution in [2.24, 2.45) is 0 Å². The van der Waals surface area contributed by atoms with Crippen molar-refractivity contribution in [1.82, 2.24) is 14.1 Å². The molecule has 412 valence electrons. The Morgan fingerprint density at radius 1 is 0.494 bits per heavy atom. The van der Waals surface area contributed by atoms with E-state index in [9.17, 15) is 0 Å². The van der Waals surface area contributed by atoms with E-state index in [4.69, 9.17) is 16.6 Å². The summed E-state index contributed by atoms with van der Waals surface area (Å²) in [6.07, 6.45) is 1.62. The van der Waals surface area contributed by atoms with Crippen molar-refractivity contribution >= 4 is 45.3 Å². The number of hydrogen-bond acceptors (Lipinski definition) is 4. The average Bonchev–Trinajstić information content (AvgIpc) is 0.739. The summed E-state index contributed by atoms with van der Waals surface area (Å²) in [5, 5.41) is 0. The number of ether oxygens (including phenoxy) is 1. The number of benzene rings is 11. The molecule has 6 nitrogen and oxygen atoms in total. The monoisotopic (exact) mass is 1280 g/mol. The zero-order valence-electron chi connectivity index (χ0n) is 52.1. The van der Waals surface area contributed by atoms with Gasteiger partial charge in [-0.25, -0.2) is 0 Å². The van der Waals surface area contributed by atoms with Gasteiger partial charge in [-0.1, -0.05) is 118 Å². The van der Waals surface area contributed by atoms with Crippen molar-refractivity contribution in [2.45, 2.75) is 38.5 Å². The van der Waals surface area contributed by atoms with E-state index in [1.807, 2.05) is 37.3 Å². The molecule has 1 spiro atoms. The Hall–Kier alpha value is -9.87. The van der Waals surface area contributed by atoms with Crippen LogP contribution in [0.3, 0.4) is 0 Å². The van der Waals surface area contributed by atoms with Crippen LogP contribution in [0.4, 0.5) is 34.3 Å². The number of hydrogen-bond donors (Lipinski definition) is 0. The smallest absolute Gasteiger partial charge is 0.310 e. The van der Waals surface area contributed by atoms with Crippen molar-refractivity contribution in [3.05, 3.63) is 322 Å². The predicted molar refractivity (Wildman–Crippen MR) is 342 cm³/mol. The van der Waals surface area contributed by atoms with E-state index in [2.05, 4.69) is 277 Å². The SMILES string of the molecule is [2H]c1c([2H])c([2H])c(-c2cnc(N3c4[c-]c(Oc5[c-]c(-n6[c](=[Pt])n(-c7c(-c8ccccc8)cccc7-c7ccccc7)c7ccccc76)ccc5)ccc4C4(c5ccccc53)c3ccccc3N(c3cccc(C(C)(C)C)c3)c3ccccc34)cc2C)c([2H])c1[2H]. The van der Waals surface area contributed by atoms with Crippen LogP contribution in [0.5, 0.6) is 11.5 Å². The van der Waals surface area contributed by atoms with Gasteiger partial charge < -0.3 is 4.90 Å². The first-order valence-electron chi connectivity index (χ1n) is 30.9. The maximum atomic E-state index is 8.95. The standard InChI is InChI=1S/C78H57N5O.Pt/c1-53-47-75(79-51-64(53)56-29-12-7-13-30-56)83-71-42-19-16-39-67(71)78(65-37-14-17-40-69(65)82(70-41-18-15-38-66(70)78)59-33-22-31-57(48-59)77(2,3)4)68-46-45-61(50-74(68)83)84-60-34-23-32-58(49-60)80-52-81(73-44-21-20-43-72(73)80)76-62(54-25-8-5-9-26-54)35-24-36-63(76)55-27-10-6-11-28-55;/h5-48,51H,1-4H3;/q-2;/i7D,12D,13D,29D,30D;. The van der Waals surface area contributed by atoms with Gasteiger partial charge in [0.2, 0.25) is 0 Å². The van der Waals surface area contributed by atoms with Crippen molar-refractivity contribution in [3.63, 3.8) is 0 Å². The second-order valence-corrected chi connectivity index (χ2v) is 23.6. The number of anilines is 6. The number of para-hydroxylation sites is 6. The fraction of sp³-hybridized carbons (Fsp3) is 0.0769. The third kappa shape index (κ3) is 8.57. The van der Waals surface area contributed by atoms with Crippen LogP contribution < -0.4 is 14.5 Å². The normalized spacial score (nSPS) is 13.9. The summed E-state index contributed by atoms with van der Waals surface area (Å²) in [7, 11) is 0. The van der Waals surface area contributed by atoms with Crippen molar-refractivity contribution in [2.75, 3.05) is 9.80 Å². The minimum atomic E-state index is -0.918. The first kappa shape index (κ1) is 46.6. The van der Waals surface area contributed by atoms with E-state index in [1.165, 1.54) is 5.56 Å². The van der Waals surface area contributed by atoms with Crippen molar-refractivity contribution in [1.29, 1.82) is 0 Å². The van der Waals surface area contributed by atoms with Crippen LogP contribution in [0.15, 0.2) is 273 Å². The molecule has 0 atom stereocenters. The summed E-state index contributed by atoms with van der Waals surface area (Å²) in [5.74, 6) is 1.47. The van der Waals surface area contributed by atoms with Gasteiger partial charge in [0, 0.05) is 28.8 Å². The molecule has 0 amide bonds. The quantitative estimate of drug-likeness (QED) is 0.135. The van der Waals surface area contributed by atoms with Gasteiger partial charge in [0.25, 0.3) is 0 Å². The van der Waals surface area contributed by atoms with Gasteiger partial charge in [0.15, 0.2) is 0 Å². The Labute approximate surface area is 514 Å². The van der Waals surface area contributed by atoms with Gasteiger partial charge in [-0.15, -0.1) is 0 Å². The van der Waals surface area contributed by atoms with E-state index in [1.54, 1.807) is 6.20 Å². The molecule has 7 heteroatoms. The zero-order chi connectivity index (χ0) is 61.7. The summed E-state index contributed by atoms with van der Waals surface area (Å²) in [6, 6.07) is 88.8. The van der Waals surface area contributed by atoms with Gasteiger partial charge >= 0.3 is 306 Å². The average molecular weight is 1280 g/mol. The molecule has 4 heterocycles. The molecule has 15 rings (SSSR count). The second-order valence-electron chi connectivity index (χ2n) is 22.6. The molecule has 2 aliphatic heterocycles. The molecule has 0 unspecified atom stereocenters. The van der Waals surface area contributed by atoms with Gasteiger partial charge in [-0.2, -0.15) is 0 Å². The van der Waals surface area contributed by atoms with Gasteiger partial charge in [0.05, 0.1) is 6.85 Å².